The largest absolute Gasteiger partial charge is 0.493 e. The molecule has 1 aliphatic heterocycles. The second-order valence-corrected chi connectivity index (χ2v) is 8.77. The molecule has 3 heterocycles. The van der Waals surface area contributed by atoms with E-state index in [-0.39, 0.29) is 11.5 Å². The first kappa shape index (κ1) is 16.6. The van der Waals surface area contributed by atoms with Crippen molar-refractivity contribution in [3.8, 4) is 5.75 Å². The van der Waals surface area contributed by atoms with Crippen LogP contribution in [-0.4, -0.2) is 60.4 Å². The van der Waals surface area contributed by atoms with Crippen LogP contribution in [0.15, 0.2) is 12.4 Å². The standard InChI is InChI=1S/C15H22N6O3S/c1-10-4-12(24-3)13-17-9-18-14(21(10)13)20-7-15(8-20)5-11(6-15)19(2)25(16,22)23/h4,9,11H,5-8H2,1-3H3,(H2,16,22,23). The van der Waals surface area contributed by atoms with Crippen LogP contribution in [0.1, 0.15) is 18.5 Å². The van der Waals surface area contributed by atoms with Gasteiger partial charge in [-0.3, -0.25) is 4.40 Å². The van der Waals surface area contributed by atoms with Crippen molar-refractivity contribution in [2.75, 3.05) is 32.1 Å². The zero-order valence-electron chi connectivity index (χ0n) is 14.5. The topological polar surface area (TPSA) is 106 Å². The minimum atomic E-state index is -3.62. The Balaban J connectivity index is 1.51. The molecule has 1 spiro atoms. The number of hydrogen-bond acceptors (Lipinski definition) is 6. The predicted octanol–water partition coefficient (Wildman–Crippen LogP) is 0.150. The summed E-state index contributed by atoms with van der Waals surface area (Å²) in [6, 6.07) is 1.94. The van der Waals surface area contributed by atoms with Gasteiger partial charge in [-0.25, -0.2) is 15.1 Å². The van der Waals surface area contributed by atoms with Crippen molar-refractivity contribution in [3.05, 3.63) is 18.1 Å². The van der Waals surface area contributed by atoms with E-state index >= 15 is 0 Å². The van der Waals surface area contributed by atoms with E-state index < -0.39 is 10.2 Å². The van der Waals surface area contributed by atoms with Crippen molar-refractivity contribution in [2.24, 2.45) is 10.6 Å². The molecule has 2 aromatic heterocycles. The van der Waals surface area contributed by atoms with E-state index in [1.54, 1.807) is 20.5 Å². The molecule has 25 heavy (non-hydrogen) atoms. The van der Waals surface area contributed by atoms with Crippen LogP contribution in [0.3, 0.4) is 0 Å². The Hall–Kier alpha value is -1.91. The van der Waals surface area contributed by atoms with Crippen molar-refractivity contribution in [1.82, 2.24) is 18.7 Å². The minimum absolute atomic E-state index is 0.00373. The van der Waals surface area contributed by atoms with Gasteiger partial charge in [-0.15, -0.1) is 0 Å². The van der Waals surface area contributed by atoms with Crippen molar-refractivity contribution in [1.29, 1.82) is 0 Å². The lowest BCUT2D eigenvalue weighted by Crippen LogP contribution is -2.67. The number of ether oxygens (including phenoxy) is 1. The molecular weight excluding hydrogens is 344 g/mol. The first-order valence-electron chi connectivity index (χ1n) is 8.12. The Morgan fingerprint density at radius 1 is 1.36 bits per heavy atom. The van der Waals surface area contributed by atoms with Gasteiger partial charge < -0.3 is 9.64 Å². The van der Waals surface area contributed by atoms with Crippen molar-refractivity contribution < 1.29 is 13.2 Å². The molecule has 10 heteroatoms. The summed E-state index contributed by atoms with van der Waals surface area (Å²) in [6.07, 6.45) is 3.22. The lowest BCUT2D eigenvalue weighted by Gasteiger charge is -2.60. The summed E-state index contributed by atoms with van der Waals surface area (Å²) < 4.78 is 31.5. The van der Waals surface area contributed by atoms with Crippen LogP contribution in [0.2, 0.25) is 0 Å². The number of nitrogens with two attached hydrogens (primary N) is 1. The van der Waals surface area contributed by atoms with Crippen LogP contribution in [0.25, 0.3) is 5.65 Å². The fraction of sp³-hybridized carbons (Fsp3) is 0.600. The van der Waals surface area contributed by atoms with Gasteiger partial charge in [0.05, 0.1) is 7.11 Å². The Bertz CT molecular complexity index is 926. The first-order chi connectivity index (χ1) is 11.7. The Morgan fingerprint density at radius 3 is 2.64 bits per heavy atom. The molecule has 0 radical (unpaired) electrons. The molecule has 2 aromatic rings. The maximum Gasteiger partial charge on any atom is 0.276 e. The van der Waals surface area contributed by atoms with E-state index in [0.717, 1.165) is 49.0 Å². The maximum atomic E-state index is 11.4. The fourth-order valence-electron chi connectivity index (χ4n) is 4.10. The molecule has 9 nitrogen and oxygen atoms in total. The van der Waals surface area contributed by atoms with Gasteiger partial charge in [0, 0.05) is 43.4 Å². The molecule has 1 aliphatic carbocycles. The second kappa shape index (κ2) is 5.29. The minimum Gasteiger partial charge on any atom is -0.493 e. The van der Waals surface area contributed by atoms with Crippen LogP contribution in [0.5, 0.6) is 5.75 Å². The third-order valence-electron chi connectivity index (χ3n) is 5.49. The average Bonchev–Trinajstić information content (AvgIpc) is 2.80. The number of aryl methyl sites for hydroxylation is 1. The van der Waals surface area contributed by atoms with Gasteiger partial charge in [-0.1, -0.05) is 0 Å². The summed E-state index contributed by atoms with van der Waals surface area (Å²) in [5, 5.41) is 5.21. The molecule has 0 amide bonds. The molecule has 136 valence electrons. The van der Waals surface area contributed by atoms with Gasteiger partial charge in [0.2, 0.25) is 5.95 Å². The highest BCUT2D eigenvalue weighted by Gasteiger charge is 2.55. The van der Waals surface area contributed by atoms with E-state index in [0.29, 0.717) is 0 Å². The molecule has 0 unspecified atom stereocenters. The van der Waals surface area contributed by atoms with Crippen LogP contribution < -0.4 is 14.8 Å². The maximum absolute atomic E-state index is 11.4. The zero-order valence-corrected chi connectivity index (χ0v) is 15.3. The van der Waals surface area contributed by atoms with E-state index in [4.69, 9.17) is 9.88 Å². The smallest absolute Gasteiger partial charge is 0.276 e. The molecule has 4 rings (SSSR count). The van der Waals surface area contributed by atoms with Gasteiger partial charge in [0.15, 0.2) is 11.4 Å². The quantitative estimate of drug-likeness (QED) is 0.826. The summed E-state index contributed by atoms with van der Waals surface area (Å²) in [5.41, 5.74) is 1.93. The Kier molecular flexibility index (Phi) is 3.50. The number of rotatable bonds is 4. The second-order valence-electron chi connectivity index (χ2n) is 7.17. The highest BCUT2D eigenvalue weighted by atomic mass is 32.2. The van der Waals surface area contributed by atoms with Crippen LogP contribution in [0.4, 0.5) is 5.95 Å². The Morgan fingerprint density at radius 2 is 2.04 bits per heavy atom. The Labute approximate surface area is 146 Å². The molecule has 0 aromatic carbocycles. The van der Waals surface area contributed by atoms with Crippen LogP contribution >= 0.6 is 0 Å². The van der Waals surface area contributed by atoms with Crippen molar-refractivity contribution in [2.45, 2.75) is 25.8 Å². The lowest BCUT2D eigenvalue weighted by molar-refractivity contribution is 0.0199. The molecular formula is C15H22N6O3S. The highest BCUT2D eigenvalue weighted by Crippen LogP contribution is 2.51. The monoisotopic (exact) mass is 366 g/mol. The third-order valence-corrected chi connectivity index (χ3v) is 6.59. The van der Waals surface area contributed by atoms with Gasteiger partial charge in [-0.2, -0.15) is 12.7 Å². The summed E-state index contributed by atoms with van der Waals surface area (Å²) in [5.74, 6) is 1.58. The number of fused-ring (bicyclic) bond motifs is 1. The van der Waals surface area contributed by atoms with Crippen molar-refractivity contribution >= 4 is 21.8 Å². The number of anilines is 1. The van der Waals surface area contributed by atoms with E-state index in [2.05, 4.69) is 14.9 Å². The SMILES string of the molecule is COc1cc(C)n2c(N3CC4(CC(N(C)S(N)(=O)=O)C4)C3)ncnc12. The zero-order chi connectivity index (χ0) is 18.0. The number of hydrogen-bond donors (Lipinski definition) is 1. The molecule has 1 saturated heterocycles. The van der Waals surface area contributed by atoms with Crippen LogP contribution in [0, 0.1) is 12.3 Å². The average molecular weight is 366 g/mol. The molecule has 2 N–H and O–H groups in total. The van der Waals surface area contributed by atoms with Gasteiger partial charge in [-0.05, 0) is 19.8 Å². The van der Waals surface area contributed by atoms with E-state index in [9.17, 15) is 8.42 Å². The van der Waals surface area contributed by atoms with E-state index in [1.165, 1.54) is 4.31 Å². The van der Waals surface area contributed by atoms with E-state index in [1.807, 2.05) is 17.4 Å². The number of nitrogens with zero attached hydrogens (tertiary/aromatic N) is 5. The first-order valence-corrected chi connectivity index (χ1v) is 9.62. The number of methoxy groups -OCH3 is 1. The summed E-state index contributed by atoms with van der Waals surface area (Å²) in [4.78, 5) is 11.0. The molecule has 0 bridgehead atoms. The number of aromatic nitrogens is 3. The van der Waals surface area contributed by atoms with Crippen molar-refractivity contribution in [3.63, 3.8) is 0 Å². The molecule has 1 saturated carbocycles. The fourth-order valence-corrected chi connectivity index (χ4v) is 4.67. The summed E-state index contributed by atoms with van der Waals surface area (Å²) in [7, 11) is -0.437. The summed E-state index contributed by atoms with van der Waals surface area (Å²) >= 11 is 0. The highest BCUT2D eigenvalue weighted by molar-refractivity contribution is 7.86. The normalized spacial score (nSPS) is 20.1. The van der Waals surface area contributed by atoms with Gasteiger partial charge in [0.1, 0.15) is 6.33 Å². The molecule has 0 atom stereocenters. The van der Waals surface area contributed by atoms with Gasteiger partial charge in [0.25, 0.3) is 10.2 Å². The third kappa shape index (κ3) is 2.47. The lowest BCUT2D eigenvalue weighted by atomic mass is 9.61. The van der Waals surface area contributed by atoms with Gasteiger partial charge >= 0.3 is 0 Å². The van der Waals surface area contributed by atoms with Crippen LogP contribution in [-0.2, 0) is 10.2 Å². The molecule has 2 aliphatic rings. The molecule has 2 fully saturated rings. The predicted molar refractivity (Wildman–Crippen MR) is 92.8 cm³/mol. The summed E-state index contributed by atoms with van der Waals surface area (Å²) in [6.45, 7) is 3.71.